The number of hydrogen-bond donors (Lipinski definition) is 1. The molecule has 3 rings (SSSR count). The Morgan fingerprint density at radius 2 is 2.14 bits per heavy atom. The van der Waals surface area contributed by atoms with E-state index in [0.717, 1.165) is 12.8 Å². The zero-order chi connectivity index (χ0) is 15.5. The zero-order valence-electron chi connectivity index (χ0n) is 11.9. The Morgan fingerprint density at radius 1 is 1.27 bits per heavy atom. The Bertz CT molecular complexity index is 684. The van der Waals surface area contributed by atoms with Crippen LogP contribution in [0.2, 0.25) is 0 Å². The molecule has 1 aromatic carbocycles. The minimum absolute atomic E-state index is 0.255. The van der Waals surface area contributed by atoms with E-state index in [1.807, 2.05) is 6.07 Å². The van der Waals surface area contributed by atoms with E-state index < -0.39 is 12.0 Å². The van der Waals surface area contributed by atoms with Gasteiger partial charge in [0.25, 0.3) is 5.91 Å². The molecule has 7 nitrogen and oxygen atoms in total. The number of carbonyl (C=O) groups is 2. The quantitative estimate of drug-likeness (QED) is 0.924. The number of rotatable bonds is 3. The van der Waals surface area contributed by atoms with Gasteiger partial charge in [0, 0.05) is 12.1 Å². The zero-order valence-corrected chi connectivity index (χ0v) is 11.9. The van der Waals surface area contributed by atoms with Gasteiger partial charge < -0.3 is 10.0 Å². The number of piperidine rings is 1. The first-order chi connectivity index (χ1) is 10.7. The minimum atomic E-state index is -0.944. The standard InChI is InChI=1S/C15H16N4O3/c20-14(18-7-2-1-6-13(18)15(21)22)11-4-3-5-12(8-11)19-10-16-9-17-19/h3-5,8-10,13H,1-2,6-7H2,(H,21,22)/t13-/m1/s1. The Hall–Kier alpha value is -2.70. The average Bonchev–Trinajstić information content (AvgIpc) is 3.09. The van der Waals surface area contributed by atoms with Gasteiger partial charge in [-0.25, -0.2) is 14.5 Å². The maximum absolute atomic E-state index is 12.7. The monoisotopic (exact) mass is 300 g/mol. The molecule has 1 aliphatic heterocycles. The third kappa shape index (κ3) is 2.69. The number of carbonyl (C=O) groups excluding carboxylic acids is 1. The van der Waals surface area contributed by atoms with Crippen molar-refractivity contribution < 1.29 is 14.7 Å². The topological polar surface area (TPSA) is 88.3 Å². The van der Waals surface area contributed by atoms with Crippen LogP contribution in [0.25, 0.3) is 5.69 Å². The number of nitrogens with zero attached hydrogens (tertiary/aromatic N) is 4. The van der Waals surface area contributed by atoms with Crippen LogP contribution < -0.4 is 0 Å². The van der Waals surface area contributed by atoms with Gasteiger partial charge in [0.15, 0.2) is 0 Å². The Balaban J connectivity index is 1.88. The molecule has 1 atom stereocenters. The van der Waals surface area contributed by atoms with E-state index in [1.165, 1.54) is 11.2 Å². The molecule has 7 heteroatoms. The maximum Gasteiger partial charge on any atom is 0.326 e. The lowest BCUT2D eigenvalue weighted by Crippen LogP contribution is -2.48. The van der Waals surface area contributed by atoms with Gasteiger partial charge in [-0.15, -0.1) is 0 Å². The van der Waals surface area contributed by atoms with Crippen molar-refractivity contribution in [2.45, 2.75) is 25.3 Å². The van der Waals surface area contributed by atoms with Crippen LogP contribution in [0, 0.1) is 0 Å². The Labute approximate surface area is 127 Å². The number of benzene rings is 1. The molecule has 0 radical (unpaired) electrons. The highest BCUT2D eigenvalue weighted by Gasteiger charge is 2.32. The van der Waals surface area contributed by atoms with E-state index in [4.69, 9.17) is 0 Å². The molecule has 1 amide bonds. The van der Waals surface area contributed by atoms with Crippen LogP contribution in [0.4, 0.5) is 0 Å². The van der Waals surface area contributed by atoms with Crippen molar-refractivity contribution in [3.63, 3.8) is 0 Å². The molecule has 0 saturated carbocycles. The number of aromatic nitrogens is 3. The van der Waals surface area contributed by atoms with Crippen LogP contribution in [0.1, 0.15) is 29.6 Å². The molecular weight excluding hydrogens is 284 g/mol. The highest BCUT2D eigenvalue weighted by molar-refractivity contribution is 5.97. The lowest BCUT2D eigenvalue weighted by atomic mass is 10.0. The molecule has 0 aliphatic carbocycles. The van der Waals surface area contributed by atoms with Gasteiger partial charge >= 0.3 is 5.97 Å². The smallest absolute Gasteiger partial charge is 0.326 e. The van der Waals surface area contributed by atoms with Crippen molar-refractivity contribution in [2.24, 2.45) is 0 Å². The highest BCUT2D eigenvalue weighted by atomic mass is 16.4. The number of carboxylic acids is 1. The molecule has 0 bridgehead atoms. The molecular formula is C15H16N4O3. The molecule has 2 heterocycles. The highest BCUT2D eigenvalue weighted by Crippen LogP contribution is 2.21. The first-order valence-electron chi connectivity index (χ1n) is 7.15. The van der Waals surface area contributed by atoms with Crippen molar-refractivity contribution in [1.82, 2.24) is 19.7 Å². The molecule has 1 aromatic heterocycles. The van der Waals surface area contributed by atoms with Crippen LogP contribution in [0.5, 0.6) is 0 Å². The molecule has 1 fully saturated rings. The van der Waals surface area contributed by atoms with Crippen molar-refractivity contribution in [3.05, 3.63) is 42.5 Å². The van der Waals surface area contributed by atoms with Crippen LogP contribution in [-0.4, -0.2) is 49.2 Å². The number of likely N-dealkylation sites (tertiary alicyclic amines) is 1. The first-order valence-corrected chi connectivity index (χ1v) is 7.15. The lowest BCUT2D eigenvalue weighted by molar-refractivity contribution is -0.143. The summed E-state index contributed by atoms with van der Waals surface area (Å²) in [5.74, 6) is -1.20. The summed E-state index contributed by atoms with van der Waals surface area (Å²) in [6.45, 7) is 0.476. The minimum Gasteiger partial charge on any atom is -0.480 e. The fourth-order valence-electron chi connectivity index (χ4n) is 2.72. The summed E-state index contributed by atoms with van der Waals surface area (Å²) in [4.78, 5) is 29.3. The van der Waals surface area contributed by atoms with Gasteiger partial charge in [0.2, 0.25) is 0 Å². The van der Waals surface area contributed by atoms with E-state index in [0.29, 0.717) is 24.2 Å². The van der Waals surface area contributed by atoms with E-state index in [9.17, 15) is 14.7 Å². The number of hydrogen-bond acceptors (Lipinski definition) is 4. The lowest BCUT2D eigenvalue weighted by Gasteiger charge is -2.33. The summed E-state index contributed by atoms with van der Waals surface area (Å²) in [5.41, 5.74) is 1.17. The van der Waals surface area contributed by atoms with Gasteiger partial charge in [-0.1, -0.05) is 6.07 Å². The van der Waals surface area contributed by atoms with E-state index in [2.05, 4.69) is 10.1 Å². The fraction of sp³-hybridized carbons (Fsp3) is 0.333. The SMILES string of the molecule is O=C(O)[C@H]1CCCCN1C(=O)c1cccc(-n2cncn2)c1. The van der Waals surface area contributed by atoms with Gasteiger partial charge in [-0.2, -0.15) is 5.10 Å². The first kappa shape index (κ1) is 14.2. The summed E-state index contributed by atoms with van der Waals surface area (Å²) in [6, 6.07) is 6.22. The summed E-state index contributed by atoms with van der Waals surface area (Å²) >= 11 is 0. The summed E-state index contributed by atoms with van der Waals surface area (Å²) in [7, 11) is 0. The molecule has 1 aliphatic rings. The second-order valence-corrected chi connectivity index (χ2v) is 5.24. The molecule has 0 unspecified atom stereocenters. The average molecular weight is 300 g/mol. The third-order valence-electron chi connectivity index (χ3n) is 3.83. The maximum atomic E-state index is 12.7. The second-order valence-electron chi connectivity index (χ2n) is 5.24. The normalized spacial score (nSPS) is 18.2. The van der Waals surface area contributed by atoms with E-state index in [1.54, 1.807) is 29.2 Å². The van der Waals surface area contributed by atoms with Gasteiger partial charge in [0.1, 0.15) is 18.7 Å². The fourth-order valence-corrected chi connectivity index (χ4v) is 2.72. The van der Waals surface area contributed by atoms with E-state index in [-0.39, 0.29) is 5.91 Å². The number of carboxylic acid groups (broad SMARTS) is 1. The molecule has 22 heavy (non-hydrogen) atoms. The number of amides is 1. The van der Waals surface area contributed by atoms with Gasteiger partial charge in [0.05, 0.1) is 5.69 Å². The van der Waals surface area contributed by atoms with Crippen molar-refractivity contribution in [2.75, 3.05) is 6.54 Å². The van der Waals surface area contributed by atoms with Gasteiger partial charge in [-0.05, 0) is 37.5 Å². The largest absolute Gasteiger partial charge is 0.480 e. The van der Waals surface area contributed by atoms with Crippen LogP contribution in [0.3, 0.4) is 0 Å². The molecule has 0 spiro atoms. The van der Waals surface area contributed by atoms with Crippen molar-refractivity contribution in [3.8, 4) is 5.69 Å². The van der Waals surface area contributed by atoms with Crippen molar-refractivity contribution >= 4 is 11.9 Å². The number of aliphatic carboxylic acids is 1. The predicted molar refractivity (Wildman–Crippen MR) is 77.7 cm³/mol. The summed E-state index contributed by atoms with van der Waals surface area (Å²) in [6.07, 6.45) is 5.13. The van der Waals surface area contributed by atoms with Gasteiger partial charge in [-0.3, -0.25) is 4.79 Å². The molecule has 1 saturated heterocycles. The van der Waals surface area contributed by atoms with Crippen LogP contribution in [0.15, 0.2) is 36.9 Å². The van der Waals surface area contributed by atoms with Crippen LogP contribution >= 0.6 is 0 Å². The molecule has 114 valence electrons. The predicted octanol–water partition coefficient (Wildman–Crippen LogP) is 1.35. The molecule has 1 N–H and O–H groups in total. The summed E-state index contributed by atoms with van der Waals surface area (Å²) in [5, 5.41) is 13.3. The van der Waals surface area contributed by atoms with Crippen LogP contribution in [-0.2, 0) is 4.79 Å². The Kier molecular flexibility index (Phi) is 3.86. The van der Waals surface area contributed by atoms with Crippen molar-refractivity contribution in [1.29, 1.82) is 0 Å². The third-order valence-corrected chi connectivity index (χ3v) is 3.83. The molecule has 2 aromatic rings. The Morgan fingerprint density at radius 3 is 2.86 bits per heavy atom. The summed E-state index contributed by atoms with van der Waals surface area (Å²) < 4.78 is 1.56. The second kappa shape index (κ2) is 5.97. The van der Waals surface area contributed by atoms with E-state index >= 15 is 0 Å².